The van der Waals surface area contributed by atoms with Crippen molar-refractivity contribution in [1.82, 2.24) is 0 Å². The number of rotatable bonds is 4. The summed E-state index contributed by atoms with van der Waals surface area (Å²) in [6.07, 6.45) is 1.84. The van der Waals surface area contributed by atoms with E-state index < -0.39 is 0 Å². The first-order valence-corrected chi connectivity index (χ1v) is 6.12. The predicted octanol–water partition coefficient (Wildman–Crippen LogP) is 3.80. The Labute approximate surface area is 96.2 Å². The van der Waals surface area contributed by atoms with Gasteiger partial charge in [0.25, 0.3) is 0 Å². The molecule has 0 heterocycles. The minimum Gasteiger partial charge on any atom is -0.389 e. The van der Waals surface area contributed by atoms with Crippen LogP contribution >= 0.6 is 11.8 Å². The molecule has 0 aliphatic carbocycles. The highest BCUT2D eigenvalue weighted by Gasteiger charge is 1.99. The van der Waals surface area contributed by atoms with Crippen LogP contribution in [0.5, 0.6) is 0 Å². The molecule has 1 aromatic carbocycles. The largest absolute Gasteiger partial charge is 0.389 e. The second-order valence-corrected chi connectivity index (χ2v) is 4.93. The van der Waals surface area contributed by atoms with Gasteiger partial charge in [-0.3, -0.25) is 0 Å². The lowest BCUT2D eigenvalue weighted by molar-refractivity contribution is 0.199. The molecule has 0 radical (unpaired) electrons. The summed E-state index contributed by atoms with van der Waals surface area (Å²) >= 11 is 1.81. The molecule has 0 aromatic heterocycles. The summed E-state index contributed by atoms with van der Waals surface area (Å²) in [5, 5.41) is 9.35. The summed E-state index contributed by atoms with van der Waals surface area (Å²) in [7, 11) is 0. The van der Waals surface area contributed by atoms with Gasteiger partial charge in [-0.1, -0.05) is 23.8 Å². The van der Waals surface area contributed by atoms with Gasteiger partial charge in [0.05, 0.1) is 6.10 Å². The van der Waals surface area contributed by atoms with Gasteiger partial charge in [-0.05, 0) is 38.5 Å². The number of aliphatic hydroxyl groups is 1. The highest BCUT2D eigenvalue weighted by atomic mass is 32.2. The Hall–Kier alpha value is -0.730. The van der Waals surface area contributed by atoms with Gasteiger partial charge in [0.2, 0.25) is 0 Å². The number of benzene rings is 1. The molecule has 1 unspecified atom stereocenters. The van der Waals surface area contributed by atoms with Crippen LogP contribution in [-0.2, 0) is 0 Å². The minimum absolute atomic E-state index is 0.373. The predicted molar refractivity (Wildman–Crippen MR) is 67.2 cm³/mol. The smallest absolute Gasteiger partial charge is 0.0761 e. The fraction of sp³-hybridized carbons (Fsp3) is 0.385. The standard InChI is InChI=1S/C13H18OS/c1-10(2)8-9-15-13-6-4-12(5-7-13)11(3)14/h4-8,11,14H,9H2,1-3H3. The minimum atomic E-state index is -0.373. The second kappa shape index (κ2) is 5.99. The number of hydrogen-bond donors (Lipinski definition) is 1. The molecule has 1 aromatic rings. The molecule has 0 amide bonds. The Kier molecular flexibility index (Phi) is 4.92. The van der Waals surface area contributed by atoms with Crippen molar-refractivity contribution in [3.63, 3.8) is 0 Å². The molecule has 1 N–H and O–H groups in total. The normalized spacial score (nSPS) is 12.3. The average Bonchev–Trinajstić information content (AvgIpc) is 2.18. The van der Waals surface area contributed by atoms with Crippen molar-refractivity contribution in [2.75, 3.05) is 5.75 Å². The average molecular weight is 222 g/mol. The monoisotopic (exact) mass is 222 g/mol. The highest BCUT2D eigenvalue weighted by Crippen LogP contribution is 2.21. The number of thioether (sulfide) groups is 1. The molecule has 1 atom stereocenters. The van der Waals surface area contributed by atoms with E-state index in [0.29, 0.717) is 0 Å². The van der Waals surface area contributed by atoms with Crippen LogP contribution in [0.4, 0.5) is 0 Å². The Morgan fingerprint density at radius 1 is 1.33 bits per heavy atom. The van der Waals surface area contributed by atoms with Gasteiger partial charge in [-0.25, -0.2) is 0 Å². The lowest BCUT2D eigenvalue weighted by Crippen LogP contribution is -1.89. The zero-order valence-electron chi connectivity index (χ0n) is 9.53. The topological polar surface area (TPSA) is 20.2 Å². The van der Waals surface area contributed by atoms with E-state index in [9.17, 15) is 5.11 Å². The Bertz CT molecular complexity index is 321. The van der Waals surface area contributed by atoms with E-state index in [1.54, 1.807) is 6.92 Å². The van der Waals surface area contributed by atoms with E-state index in [-0.39, 0.29) is 6.10 Å². The molecule has 1 rings (SSSR count). The molecule has 0 saturated carbocycles. The molecule has 0 aliphatic rings. The summed E-state index contributed by atoms with van der Waals surface area (Å²) in [4.78, 5) is 1.25. The van der Waals surface area contributed by atoms with Crippen molar-refractivity contribution in [3.05, 3.63) is 41.5 Å². The second-order valence-electron chi connectivity index (χ2n) is 3.84. The summed E-state index contributed by atoms with van der Waals surface area (Å²) < 4.78 is 0. The van der Waals surface area contributed by atoms with Crippen molar-refractivity contribution in [1.29, 1.82) is 0 Å². The summed E-state index contributed by atoms with van der Waals surface area (Å²) in [5.41, 5.74) is 2.32. The third kappa shape index (κ3) is 4.54. The maximum Gasteiger partial charge on any atom is 0.0761 e. The van der Waals surface area contributed by atoms with E-state index in [0.717, 1.165) is 11.3 Å². The third-order valence-electron chi connectivity index (χ3n) is 2.10. The van der Waals surface area contributed by atoms with Crippen molar-refractivity contribution in [2.45, 2.75) is 31.8 Å². The maximum absolute atomic E-state index is 9.35. The highest BCUT2D eigenvalue weighted by molar-refractivity contribution is 7.99. The van der Waals surface area contributed by atoms with Crippen molar-refractivity contribution >= 4 is 11.8 Å². The molecule has 82 valence electrons. The van der Waals surface area contributed by atoms with E-state index in [2.05, 4.69) is 32.1 Å². The molecule has 2 heteroatoms. The van der Waals surface area contributed by atoms with Crippen molar-refractivity contribution in [3.8, 4) is 0 Å². The molecule has 0 fully saturated rings. The number of hydrogen-bond acceptors (Lipinski definition) is 2. The van der Waals surface area contributed by atoms with E-state index in [4.69, 9.17) is 0 Å². The van der Waals surface area contributed by atoms with Crippen LogP contribution in [0.3, 0.4) is 0 Å². The lowest BCUT2D eigenvalue weighted by atomic mass is 10.1. The first kappa shape index (κ1) is 12.3. The first-order valence-electron chi connectivity index (χ1n) is 5.14. The van der Waals surface area contributed by atoms with Gasteiger partial charge in [0.1, 0.15) is 0 Å². The van der Waals surface area contributed by atoms with Crippen LogP contribution in [0.15, 0.2) is 40.8 Å². The van der Waals surface area contributed by atoms with Crippen molar-refractivity contribution < 1.29 is 5.11 Å². The van der Waals surface area contributed by atoms with Gasteiger partial charge in [0, 0.05) is 10.6 Å². The van der Waals surface area contributed by atoms with Crippen LogP contribution < -0.4 is 0 Å². The van der Waals surface area contributed by atoms with Crippen LogP contribution in [0.1, 0.15) is 32.4 Å². The van der Waals surface area contributed by atoms with E-state index >= 15 is 0 Å². The Morgan fingerprint density at radius 2 is 1.93 bits per heavy atom. The Morgan fingerprint density at radius 3 is 2.40 bits per heavy atom. The molecule has 0 spiro atoms. The van der Waals surface area contributed by atoms with Gasteiger partial charge in [0.15, 0.2) is 0 Å². The molecule has 0 saturated heterocycles. The Balaban J connectivity index is 2.53. The van der Waals surface area contributed by atoms with Crippen LogP contribution in [0.25, 0.3) is 0 Å². The van der Waals surface area contributed by atoms with Crippen LogP contribution in [0.2, 0.25) is 0 Å². The summed E-state index contributed by atoms with van der Waals surface area (Å²) in [6, 6.07) is 8.09. The number of allylic oxidation sites excluding steroid dienone is 1. The molecular formula is C13H18OS. The maximum atomic E-state index is 9.35. The first-order chi connectivity index (χ1) is 7.09. The van der Waals surface area contributed by atoms with E-state index in [1.807, 2.05) is 23.9 Å². The molecule has 0 aliphatic heterocycles. The van der Waals surface area contributed by atoms with Gasteiger partial charge >= 0.3 is 0 Å². The fourth-order valence-corrected chi connectivity index (χ4v) is 2.08. The quantitative estimate of drug-likeness (QED) is 0.617. The molecular weight excluding hydrogens is 204 g/mol. The zero-order valence-corrected chi connectivity index (χ0v) is 10.3. The van der Waals surface area contributed by atoms with Gasteiger partial charge in [-0.15, -0.1) is 11.8 Å². The van der Waals surface area contributed by atoms with Crippen LogP contribution in [0, 0.1) is 0 Å². The van der Waals surface area contributed by atoms with Gasteiger partial charge < -0.3 is 5.11 Å². The van der Waals surface area contributed by atoms with E-state index in [1.165, 1.54) is 10.5 Å². The van der Waals surface area contributed by atoms with Crippen LogP contribution in [-0.4, -0.2) is 10.9 Å². The zero-order chi connectivity index (χ0) is 11.3. The fourth-order valence-electron chi connectivity index (χ4n) is 1.15. The molecule has 1 nitrogen and oxygen atoms in total. The third-order valence-corrected chi connectivity index (χ3v) is 3.04. The van der Waals surface area contributed by atoms with Crippen molar-refractivity contribution in [2.24, 2.45) is 0 Å². The molecule has 0 bridgehead atoms. The summed E-state index contributed by atoms with van der Waals surface area (Å²) in [5.74, 6) is 1.01. The summed E-state index contributed by atoms with van der Waals surface area (Å²) in [6.45, 7) is 6.00. The lowest BCUT2D eigenvalue weighted by Gasteiger charge is -2.05. The SMILES string of the molecule is CC(C)=CCSc1ccc(C(C)O)cc1. The molecule has 15 heavy (non-hydrogen) atoms. The van der Waals surface area contributed by atoms with Gasteiger partial charge in [-0.2, -0.15) is 0 Å². The number of aliphatic hydroxyl groups excluding tert-OH is 1.